The van der Waals surface area contributed by atoms with E-state index in [1.54, 1.807) is 43.6 Å². The number of nitrogens with one attached hydrogen (secondary N) is 3. The lowest BCUT2D eigenvalue weighted by Gasteiger charge is -2.38. The number of carbonyl (C=O) groups is 2. The molecule has 20 heteroatoms. The summed E-state index contributed by atoms with van der Waals surface area (Å²) in [6.45, 7) is 1.96. The Morgan fingerprint density at radius 2 is 1.71 bits per heavy atom. The fraction of sp³-hybridized carbons (Fsp3) is 0.511. The predicted molar refractivity (Wildman–Crippen MR) is 234 cm³/mol. The third-order valence-corrected chi connectivity index (χ3v) is 14.1. The van der Waals surface area contributed by atoms with Crippen LogP contribution in [0.25, 0.3) is 21.8 Å². The maximum Gasteiger partial charge on any atom is 0.408 e. The number of pyridine rings is 1. The van der Waals surface area contributed by atoms with E-state index in [2.05, 4.69) is 35.8 Å². The van der Waals surface area contributed by atoms with Gasteiger partial charge in [-0.3, -0.25) is 24.4 Å². The Morgan fingerprint density at radius 1 is 0.938 bits per heavy atom. The molecule has 1 aliphatic carbocycles. The number of alkyl halides is 5. The largest absolute Gasteiger partial charge is 0.480 e. The van der Waals surface area contributed by atoms with Gasteiger partial charge in [-0.1, -0.05) is 23.7 Å². The normalized spacial score (nSPS) is 22.4. The topological polar surface area (TPSA) is 152 Å². The first-order chi connectivity index (χ1) is 31.1. The molecule has 3 aromatic heterocycles. The van der Waals surface area contributed by atoms with Crippen molar-refractivity contribution < 1.29 is 36.3 Å². The highest BCUT2D eigenvalue weighted by molar-refractivity contribution is 6.33. The number of carbonyl (C=O) groups excluding carboxylic acids is 2. The lowest BCUT2D eigenvalue weighted by atomic mass is 9.87. The zero-order valence-electron chi connectivity index (χ0n) is 35.6. The second kappa shape index (κ2) is 16.7. The molecule has 0 radical (unpaired) electrons. The van der Waals surface area contributed by atoms with Gasteiger partial charge in [0.2, 0.25) is 23.5 Å². The van der Waals surface area contributed by atoms with Crippen molar-refractivity contribution in [3.63, 3.8) is 0 Å². The monoisotopic (exact) mass is 922 g/mol. The zero-order chi connectivity index (χ0) is 45.4. The highest BCUT2D eigenvalue weighted by Gasteiger charge is 2.51. The van der Waals surface area contributed by atoms with Crippen LogP contribution in [0.1, 0.15) is 74.5 Å². The van der Waals surface area contributed by atoms with Crippen LogP contribution >= 0.6 is 11.6 Å². The van der Waals surface area contributed by atoms with E-state index in [1.165, 1.54) is 4.57 Å². The molecule has 4 fully saturated rings. The van der Waals surface area contributed by atoms with Crippen LogP contribution in [0.3, 0.4) is 0 Å². The summed E-state index contributed by atoms with van der Waals surface area (Å²) in [5.74, 6) is -3.72. The molecular formula is C45H48ClF5N10O4. The number of aromatic nitrogens is 5. The van der Waals surface area contributed by atoms with Gasteiger partial charge in [0.15, 0.2) is 12.4 Å². The van der Waals surface area contributed by atoms with Crippen LogP contribution in [0.15, 0.2) is 47.4 Å². The van der Waals surface area contributed by atoms with E-state index in [1.807, 2.05) is 6.07 Å². The number of benzene rings is 2. The average molecular weight is 923 g/mol. The van der Waals surface area contributed by atoms with Gasteiger partial charge in [0.25, 0.3) is 5.56 Å². The predicted octanol–water partition coefficient (Wildman–Crippen LogP) is 7.47. The van der Waals surface area contributed by atoms with Gasteiger partial charge >= 0.3 is 12.1 Å². The first-order valence-corrected chi connectivity index (χ1v) is 22.6. The van der Waals surface area contributed by atoms with Crippen LogP contribution in [-0.2, 0) is 23.2 Å². The highest BCUT2D eigenvalue weighted by atomic mass is 35.5. The van der Waals surface area contributed by atoms with Crippen molar-refractivity contribution in [2.45, 2.75) is 87.9 Å². The molecule has 3 N–H and O–H groups in total. The molecule has 14 nitrogen and oxygen atoms in total. The summed E-state index contributed by atoms with van der Waals surface area (Å²) < 4.78 is 79.2. The second-order valence-electron chi connectivity index (χ2n) is 18.2. The Kier molecular flexibility index (Phi) is 11.1. The van der Waals surface area contributed by atoms with Gasteiger partial charge in [0, 0.05) is 49.6 Å². The minimum absolute atomic E-state index is 0.102. The van der Waals surface area contributed by atoms with Crippen molar-refractivity contribution in [3.8, 4) is 5.75 Å². The van der Waals surface area contributed by atoms with Gasteiger partial charge < -0.3 is 29.7 Å². The number of hydrogen-bond donors (Lipinski definition) is 3. The molecule has 3 saturated heterocycles. The molecular weight excluding hydrogens is 875 g/mol. The SMILES string of the molecule is Cn1c(=O)c2c(c3cc(Nc4nc(N5CCC(CN6CCC(c7ccc8c(C9CCC(=O)NC9=O)nn(CC(F)(F)F)c8c7)CC6)CC5)ncc4Cl)ccc31)N[C@@H](C1CC1)C(F)(F)CO2. The highest BCUT2D eigenvalue weighted by Crippen LogP contribution is 2.46. The summed E-state index contributed by atoms with van der Waals surface area (Å²) in [5.41, 5.74) is 2.44. The molecule has 4 aliphatic heterocycles. The summed E-state index contributed by atoms with van der Waals surface area (Å²) in [5, 5.41) is 14.2. The van der Waals surface area contributed by atoms with Crippen LogP contribution < -0.4 is 31.1 Å². The van der Waals surface area contributed by atoms with Crippen molar-refractivity contribution in [1.82, 2.24) is 34.5 Å². The maximum atomic E-state index is 15.2. The molecule has 344 valence electrons. The summed E-state index contributed by atoms with van der Waals surface area (Å²) in [7, 11) is 1.58. The van der Waals surface area contributed by atoms with E-state index in [4.69, 9.17) is 21.3 Å². The number of piperidine rings is 3. The Balaban J connectivity index is 0.772. The van der Waals surface area contributed by atoms with E-state index < -0.39 is 54.6 Å². The number of amides is 2. The van der Waals surface area contributed by atoms with Crippen molar-refractivity contribution in [1.29, 1.82) is 0 Å². The molecule has 65 heavy (non-hydrogen) atoms. The molecule has 0 bridgehead atoms. The fourth-order valence-electron chi connectivity index (χ4n) is 10.1. The Hall–Kier alpha value is -5.56. The van der Waals surface area contributed by atoms with Gasteiger partial charge in [-0.05, 0) is 106 Å². The summed E-state index contributed by atoms with van der Waals surface area (Å²) in [6, 6.07) is 9.66. The number of imide groups is 1. The lowest BCUT2D eigenvalue weighted by molar-refractivity contribution is -0.141. The van der Waals surface area contributed by atoms with E-state index >= 15 is 8.78 Å². The second-order valence-corrected chi connectivity index (χ2v) is 18.7. The number of hydrogen-bond acceptors (Lipinski definition) is 11. The van der Waals surface area contributed by atoms with Gasteiger partial charge in [-0.2, -0.15) is 23.3 Å². The van der Waals surface area contributed by atoms with Gasteiger partial charge in [-0.25, -0.2) is 13.8 Å². The van der Waals surface area contributed by atoms with Gasteiger partial charge in [-0.15, -0.1) is 0 Å². The molecule has 5 aliphatic rings. The zero-order valence-corrected chi connectivity index (χ0v) is 36.3. The van der Waals surface area contributed by atoms with Crippen LogP contribution in [0, 0.1) is 11.8 Å². The third-order valence-electron chi connectivity index (χ3n) is 13.8. The first kappa shape index (κ1) is 43.3. The van der Waals surface area contributed by atoms with Crippen molar-refractivity contribution >= 4 is 68.4 Å². The van der Waals surface area contributed by atoms with Gasteiger partial charge in [0.1, 0.15) is 11.6 Å². The molecule has 2 aromatic carbocycles. The minimum Gasteiger partial charge on any atom is -0.480 e. The Labute approximate surface area is 374 Å². The van der Waals surface area contributed by atoms with Crippen LogP contribution in [-0.4, -0.2) is 98.5 Å². The smallest absolute Gasteiger partial charge is 0.408 e. The van der Waals surface area contributed by atoms with E-state index in [0.717, 1.165) is 68.7 Å². The van der Waals surface area contributed by atoms with Crippen LogP contribution in [0.2, 0.25) is 5.02 Å². The number of aryl methyl sites for hydroxylation is 1. The quantitative estimate of drug-likeness (QED) is 0.0998. The van der Waals surface area contributed by atoms with Crippen LogP contribution in [0.5, 0.6) is 5.75 Å². The molecule has 0 spiro atoms. The third kappa shape index (κ3) is 8.68. The van der Waals surface area contributed by atoms with Crippen molar-refractivity contribution in [2.75, 3.05) is 54.9 Å². The van der Waals surface area contributed by atoms with Crippen molar-refractivity contribution in [3.05, 3.63) is 69.2 Å². The van der Waals surface area contributed by atoms with Gasteiger partial charge in [0.05, 0.1) is 40.6 Å². The molecule has 5 aromatic rings. The fourth-order valence-corrected chi connectivity index (χ4v) is 10.3. The molecule has 1 unspecified atom stereocenters. The standard InChI is InChI=1S/C45H48ClF5N10O4/c1-58-33-8-5-28(19-31(33)37-38(42(58)64)65-23-44(47,48)39(55-37)26-2-3-26)53-40-32(46)20-52-43(56-40)60-16-10-24(11-17-60)21-59-14-12-25(13-15-59)27-4-6-29-34(18-27)61(22-45(49,50)51)57-36(29)30-7-9-35(62)54-41(30)63/h4-6,8,18-20,24-26,30,39,55H,2-3,7,9-17,21-23H2,1H3,(H,52,53,56)(H,54,62,63)/t30?,39-/m0/s1. The molecule has 10 rings (SSSR count). The van der Waals surface area contributed by atoms with Crippen molar-refractivity contribution in [2.24, 2.45) is 18.9 Å². The number of rotatable bonds is 9. The number of halogens is 6. The number of fused-ring (bicyclic) bond motifs is 4. The van der Waals surface area contributed by atoms with Crippen LogP contribution in [0.4, 0.5) is 45.1 Å². The van der Waals surface area contributed by atoms with E-state index in [-0.39, 0.29) is 41.8 Å². The minimum atomic E-state index is -4.51. The number of nitrogens with zero attached hydrogens (tertiary/aromatic N) is 7. The molecule has 2 atom stereocenters. The maximum absolute atomic E-state index is 15.2. The number of likely N-dealkylation sites (tertiary alicyclic amines) is 1. The number of ether oxygens (including phenoxy) is 1. The summed E-state index contributed by atoms with van der Waals surface area (Å²) >= 11 is 6.61. The molecule has 7 heterocycles. The molecule has 1 saturated carbocycles. The lowest BCUT2D eigenvalue weighted by Crippen LogP contribution is -2.44. The number of anilines is 4. The molecule has 2 amide bonds. The van der Waals surface area contributed by atoms with E-state index in [9.17, 15) is 27.6 Å². The Morgan fingerprint density at radius 3 is 2.43 bits per heavy atom. The average Bonchev–Trinajstić information content (AvgIpc) is 4.07. The van der Waals surface area contributed by atoms with E-state index in [0.29, 0.717) is 63.0 Å². The first-order valence-electron chi connectivity index (χ1n) is 22.2. The summed E-state index contributed by atoms with van der Waals surface area (Å²) in [6.07, 6.45) is 2.26. The Bertz CT molecular complexity index is 2740. The summed E-state index contributed by atoms with van der Waals surface area (Å²) in [4.78, 5) is 51.6.